The van der Waals surface area contributed by atoms with Crippen molar-refractivity contribution < 1.29 is 13.2 Å². The molecule has 1 aromatic carbocycles. The molecule has 0 N–H and O–H groups in total. The summed E-state index contributed by atoms with van der Waals surface area (Å²) in [7, 11) is -3.10. The molecule has 138 valence electrons. The van der Waals surface area contributed by atoms with E-state index in [0.29, 0.717) is 18.1 Å². The van der Waals surface area contributed by atoms with Gasteiger partial charge in [0.2, 0.25) is 0 Å². The first-order chi connectivity index (χ1) is 12.4. The van der Waals surface area contributed by atoms with E-state index in [2.05, 4.69) is 30.3 Å². The molecule has 0 amide bonds. The van der Waals surface area contributed by atoms with E-state index >= 15 is 0 Å². The summed E-state index contributed by atoms with van der Waals surface area (Å²) in [6, 6.07) is 14.3. The number of hydrogen-bond acceptors (Lipinski definition) is 5. The minimum Gasteiger partial charge on any atom is -0.381 e. The van der Waals surface area contributed by atoms with Crippen LogP contribution in [0, 0.1) is 17.2 Å². The number of hydrogen-bond donors (Lipinski definition) is 0. The molecule has 2 heterocycles. The molecule has 0 radical (unpaired) electrons. The topological polar surface area (TPSA) is 67.2 Å². The van der Waals surface area contributed by atoms with Crippen LogP contribution in [-0.4, -0.2) is 32.6 Å². The Hall–Kier alpha value is -1.68. The molecule has 26 heavy (non-hydrogen) atoms. The van der Waals surface area contributed by atoms with Gasteiger partial charge in [0.15, 0.2) is 9.84 Å². The van der Waals surface area contributed by atoms with Gasteiger partial charge in [-0.15, -0.1) is 11.3 Å². The quantitative estimate of drug-likeness (QED) is 0.767. The van der Waals surface area contributed by atoms with Crippen LogP contribution in [0.1, 0.15) is 36.6 Å². The minimum absolute atomic E-state index is 0.00562. The van der Waals surface area contributed by atoms with Crippen molar-refractivity contribution in [2.75, 3.05) is 19.0 Å². The number of thiophene rings is 1. The molecule has 4 nitrogen and oxygen atoms in total. The molecule has 0 bridgehead atoms. The standard InChI is InChI=1S/C20H23NO3S2/c1-14(2)26(22,23)13-17-12-24-10-9-19(17)15-3-5-16(6-4-15)20-8-7-18(11-21)25-20/h3-8,14,17,19H,9-10,12-13H2,1-2H3/t17-,19+/m0/s1. The predicted octanol–water partition coefficient (Wildman–Crippen LogP) is 4.23. The average Bonchev–Trinajstić information content (AvgIpc) is 3.11. The third-order valence-electron chi connectivity index (χ3n) is 4.98. The van der Waals surface area contributed by atoms with Gasteiger partial charge in [-0.3, -0.25) is 0 Å². The maximum absolute atomic E-state index is 12.4. The molecule has 1 aliphatic rings. The van der Waals surface area contributed by atoms with Crippen molar-refractivity contribution in [3.05, 3.63) is 46.8 Å². The highest BCUT2D eigenvalue weighted by atomic mass is 32.2. The smallest absolute Gasteiger partial charge is 0.153 e. The van der Waals surface area contributed by atoms with Gasteiger partial charge in [0.1, 0.15) is 10.9 Å². The monoisotopic (exact) mass is 389 g/mol. The SMILES string of the molecule is CC(C)S(=O)(=O)C[C@@H]1COCC[C@@H]1c1ccc(-c2ccc(C#N)s2)cc1. The first-order valence-electron chi connectivity index (χ1n) is 8.80. The van der Waals surface area contributed by atoms with Crippen LogP contribution in [0.25, 0.3) is 10.4 Å². The van der Waals surface area contributed by atoms with Gasteiger partial charge in [-0.2, -0.15) is 5.26 Å². The van der Waals surface area contributed by atoms with Crippen LogP contribution in [0.2, 0.25) is 0 Å². The lowest BCUT2D eigenvalue weighted by Crippen LogP contribution is -2.34. The van der Waals surface area contributed by atoms with Crippen molar-refractivity contribution in [3.63, 3.8) is 0 Å². The lowest BCUT2D eigenvalue weighted by atomic mass is 9.83. The highest BCUT2D eigenvalue weighted by molar-refractivity contribution is 7.91. The number of nitrogens with zero attached hydrogens (tertiary/aromatic N) is 1. The summed E-state index contributed by atoms with van der Waals surface area (Å²) in [6.07, 6.45) is 0.842. The Morgan fingerprint density at radius 1 is 1.23 bits per heavy atom. The van der Waals surface area contributed by atoms with Gasteiger partial charge in [0, 0.05) is 17.4 Å². The van der Waals surface area contributed by atoms with E-state index < -0.39 is 9.84 Å². The molecule has 2 atom stereocenters. The van der Waals surface area contributed by atoms with Crippen LogP contribution in [0.3, 0.4) is 0 Å². The highest BCUT2D eigenvalue weighted by Gasteiger charge is 2.32. The molecular formula is C20H23NO3S2. The van der Waals surface area contributed by atoms with E-state index in [1.807, 2.05) is 12.1 Å². The third kappa shape index (κ3) is 4.17. The lowest BCUT2D eigenvalue weighted by Gasteiger charge is -2.32. The van der Waals surface area contributed by atoms with Crippen LogP contribution in [0.5, 0.6) is 0 Å². The number of benzene rings is 1. The number of rotatable bonds is 5. The molecule has 6 heteroatoms. The fourth-order valence-electron chi connectivity index (χ4n) is 3.34. The number of ether oxygens (including phenoxy) is 1. The molecule has 1 aliphatic heterocycles. The summed E-state index contributed by atoms with van der Waals surface area (Å²) in [6.45, 7) is 4.63. The molecule has 0 spiro atoms. The van der Waals surface area contributed by atoms with E-state index in [9.17, 15) is 8.42 Å². The molecule has 1 aromatic heterocycles. The highest BCUT2D eigenvalue weighted by Crippen LogP contribution is 2.35. The average molecular weight is 390 g/mol. The summed E-state index contributed by atoms with van der Waals surface area (Å²) < 4.78 is 30.3. The Morgan fingerprint density at radius 2 is 1.96 bits per heavy atom. The summed E-state index contributed by atoms with van der Waals surface area (Å²) in [5, 5.41) is 8.61. The maximum atomic E-state index is 12.4. The van der Waals surface area contributed by atoms with Gasteiger partial charge in [-0.05, 0) is 49.4 Å². The van der Waals surface area contributed by atoms with Crippen LogP contribution < -0.4 is 0 Å². The first-order valence-corrected chi connectivity index (χ1v) is 11.3. The van der Waals surface area contributed by atoms with E-state index in [1.165, 1.54) is 11.3 Å². The summed E-state index contributed by atoms with van der Waals surface area (Å²) >= 11 is 1.48. The molecule has 3 rings (SSSR count). The zero-order valence-corrected chi connectivity index (χ0v) is 16.6. The zero-order valence-electron chi connectivity index (χ0n) is 15.0. The number of nitriles is 1. The largest absolute Gasteiger partial charge is 0.381 e. The molecule has 2 aromatic rings. The van der Waals surface area contributed by atoms with Gasteiger partial charge in [-0.25, -0.2) is 8.42 Å². The molecule has 1 fully saturated rings. The van der Waals surface area contributed by atoms with Gasteiger partial charge < -0.3 is 4.74 Å². The molecule has 0 saturated carbocycles. The summed E-state index contributed by atoms with van der Waals surface area (Å²) in [5.41, 5.74) is 2.25. The zero-order chi connectivity index (χ0) is 18.7. The Kier molecular flexibility index (Phi) is 5.81. The Labute approximate surface area is 159 Å². The molecule has 1 saturated heterocycles. The summed E-state index contributed by atoms with van der Waals surface area (Å²) in [5.74, 6) is 0.367. The van der Waals surface area contributed by atoms with Gasteiger partial charge >= 0.3 is 0 Å². The second-order valence-electron chi connectivity index (χ2n) is 7.01. The third-order valence-corrected chi connectivity index (χ3v) is 8.35. The second kappa shape index (κ2) is 7.91. The van der Waals surface area contributed by atoms with Gasteiger partial charge in [-0.1, -0.05) is 24.3 Å². The molecule has 0 aliphatic carbocycles. The summed E-state index contributed by atoms with van der Waals surface area (Å²) in [4.78, 5) is 1.77. The predicted molar refractivity (Wildman–Crippen MR) is 105 cm³/mol. The van der Waals surface area contributed by atoms with Crippen LogP contribution in [0.4, 0.5) is 0 Å². The Bertz CT molecular complexity index is 892. The van der Waals surface area contributed by atoms with Crippen LogP contribution in [0.15, 0.2) is 36.4 Å². The Balaban J connectivity index is 1.81. The van der Waals surface area contributed by atoms with Crippen molar-refractivity contribution >= 4 is 21.2 Å². The first kappa shape index (κ1) is 19.1. The fraction of sp³-hybridized carbons (Fsp3) is 0.450. The maximum Gasteiger partial charge on any atom is 0.153 e. The van der Waals surface area contributed by atoms with E-state index in [0.717, 1.165) is 22.4 Å². The van der Waals surface area contributed by atoms with E-state index in [4.69, 9.17) is 10.00 Å². The van der Waals surface area contributed by atoms with Crippen LogP contribution in [-0.2, 0) is 14.6 Å². The number of sulfone groups is 1. The van der Waals surface area contributed by atoms with Gasteiger partial charge in [0.25, 0.3) is 0 Å². The molecular weight excluding hydrogens is 366 g/mol. The van der Waals surface area contributed by atoms with E-state index in [1.54, 1.807) is 13.8 Å². The second-order valence-corrected chi connectivity index (χ2v) is 10.7. The normalized spacial score (nSPS) is 20.8. The van der Waals surface area contributed by atoms with Crippen LogP contribution >= 0.6 is 11.3 Å². The van der Waals surface area contributed by atoms with E-state index in [-0.39, 0.29) is 22.8 Å². The van der Waals surface area contributed by atoms with Gasteiger partial charge in [0.05, 0.1) is 17.6 Å². The fourth-order valence-corrected chi connectivity index (χ4v) is 5.46. The minimum atomic E-state index is -3.10. The molecule has 0 unspecified atom stereocenters. The van der Waals surface area contributed by atoms with Crippen molar-refractivity contribution in [2.24, 2.45) is 5.92 Å². The Morgan fingerprint density at radius 3 is 2.58 bits per heavy atom. The lowest BCUT2D eigenvalue weighted by molar-refractivity contribution is 0.0483. The van der Waals surface area contributed by atoms with Crippen molar-refractivity contribution in [2.45, 2.75) is 31.4 Å². The van der Waals surface area contributed by atoms with Crippen molar-refractivity contribution in [1.82, 2.24) is 0 Å². The van der Waals surface area contributed by atoms with Crippen molar-refractivity contribution in [3.8, 4) is 16.5 Å². The van der Waals surface area contributed by atoms with Crippen molar-refractivity contribution in [1.29, 1.82) is 5.26 Å².